The van der Waals surface area contributed by atoms with Crippen LogP contribution in [0.2, 0.25) is 0 Å². The molecule has 0 bridgehead atoms. The molecule has 11 rings (SSSR count). The molecule has 0 aliphatic rings. The van der Waals surface area contributed by atoms with Crippen LogP contribution in [0.25, 0.3) is 106 Å². The second-order valence-electron chi connectivity index (χ2n) is 14.0. The lowest BCUT2D eigenvalue weighted by Crippen LogP contribution is -2.02. The average molecular weight is 717 g/mol. The fourth-order valence-corrected chi connectivity index (χ4v) is 7.97. The Bertz CT molecular complexity index is 3160. The molecule has 0 radical (unpaired) electrons. The van der Waals surface area contributed by atoms with Crippen molar-refractivity contribution in [3.8, 4) is 62.1 Å². The Morgan fingerprint density at radius 3 is 1.52 bits per heavy atom. The maximum Gasteiger partial charge on any atom is 0.166 e. The minimum absolute atomic E-state index is 0.613. The summed E-state index contributed by atoms with van der Waals surface area (Å²) < 4.78 is 8.99. The van der Waals surface area contributed by atoms with Crippen LogP contribution in [0.3, 0.4) is 0 Å². The Kier molecular flexibility index (Phi) is 7.42. The maximum atomic E-state index is 6.67. The van der Waals surface area contributed by atoms with E-state index in [1.165, 1.54) is 11.1 Å². The average Bonchev–Trinajstić information content (AvgIpc) is 3.82. The lowest BCUT2D eigenvalue weighted by Gasteiger charge is -2.12. The van der Waals surface area contributed by atoms with Gasteiger partial charge < -0.3 is 8.98 Å². The molecule has 11 aromatic rings. The van der Waals surface area contributed by atoms with Gasteiger partial charge in [-0.15, -0.1) is 0 Å². The van der Waals surface area contributed by atoms with Crippen LogP contribution in [0.5, 0.6) is 0 Å². The van der Waals surface area contributed by atoms with Gasteiger partial charge in [0.2, 0.25) is 0 Å². The van der Waals surface area contributed by atoms with Crippen molar-refractivity contribution < 1.29 is 4.42 Å². The topological polar surface area (TPSA) is 56.7 Å². The Morgan fingerprint density at radius 1 is 0.339 bits per heavy atom. The number of aromatic nitrogens is 4. The van der Waals surface area contributed by atoms with E-state index in [4.69, 9.17) is 19.4 Å². The minimum atomic E-state index is 0.613. The number of hydrogen-bond acceptors (Lipinski definition) is 4. The van der Waals surface area contributed by atoms with Crippen molar-refractivity contribution in [2.75, 3.05) is 0 Å². The van der Waals surface area contributed by atoms with Crippen molar-refractivity contribution >= 4 is 43.7 Å². The summed E-state index contributed by atoms with van der Waals surface area (Å²) in [6.45, 7) is 0. The number of furan rings is 1. The summed E-state index contributed by atoms with van der Waals surface area (Å²) in [6, 6.07) is 67.4. The molecule has 3 heterocycles. The molecule has 0 fully saturated rings. The van der Waals surface area contributed by atoms with E-state index >= 15 is 0 Å². The molecular weight excluding hydrogens is 685 g/mol. The number of fused-ring (bicyclic) bond motifs is 6. The first kappa shape index (κ1) is 31.9. The minimum Gasteiger partial charge on any atom is -0.456 e. The van der Waals surface area contributed by atoms with Gasteiger partial charge in [0, 0.05) is 50.0 Å². The molecule has 0 aliphatic carbocycles. The van der Waals surface area contributed by atoms with Crippen molar-refractivity contribution in [2.45, 2.75) is 0 Å². The summed E-state index contributed by atoms with van der Waals surface area (Å²) >= 11 is 0. The highest BCUT2D eigenvalue weighted by Crippen LogP contribution is 2.40. The SMILES string of the molecule is c1ccc(-c2ccc(-c3ccc4c(c3)oc3cc(-n5c6ccccc6c6cccc(-c7nc(-c8ccccc8)nc(-c8ccccc8)n7)c65)ccc34)cc2)cc1. The molecule has 5 heteroatoms. The third kappa shape index (κ3) is 5.37. The Hall–Kier alpha value is -7.63. The molecule has 5 nitrogen and oxygen atoms in total. The van der Waals surface area contributed by atoms with Crippen LogP contribution in [-0.4, -0.2) is 19.5 Å². The van der Waals surface area contributed by atoms with Gasteiger partial charge in [0.15, 0.2) is 17.5 Å². The molecule has 0 spiro atoms. The van der Waals surface area contributed by atoms with Gasteiger partial charge >= 0.3 is 0 Å². The van der Waals surface area contributed by atoms with E-state index in [2.05, 4.69) is 132 Å². The van der Waals surface area contributed by atoms with Crippen molar-refractivity contribution in [2.24, 2.45) is 0 Å². The van der Waals surface area contributed by atoms with Gasteiger partial charge in [0.1, 0.15) is 11.2 Å². The predicted octanol–water partition coefficient (Wildman–Crippen LogP) is 13.2. The van der Waals surface area contributed by atoms with Crippen LogP contribution >= 0.6 is 0 Å². The monoisotopic (exact) mass is 716 g/mol. The van der Waals surface area contributed by atoms with Gasteiger partial charge in [-0.1, -0.05) is 152 Å². The Balaban J connectivity index is 1.07. The summed E-state index contributed by atoms with van der Waals surface area (Å²) in [4.78, 5) is 15.2. The highest BCUT2D eigenvalue weighted by Gasteiger charge is 2.21. The molecule has 3 aromatic heterocycles. The molecule has 56 heavy (non-hydrogen) atoms. The highest BCUT2D eigenvalue weighted by atomic mass is 16.3. The van der Waals surface area contributed by atoms with Gasteiger partial charge in [0.25, 0.3) is 0 Å². The maximum absolute atomic E-state index is 6.67. The summed E-state index contributed by atoms with van der Waals surface area (Å²) in [5, 5.41) is 4.44. The predicted molar refractivity (Wildman–Crippen MR) is 229 cm³/mol. The zero-order valence-electron chi connectivity index (χ0n) is 30.2. The molecular formula is C51H32N4O. The summed E-state index contributed by atoms with van der Waals surface area (Å²) in [5.41, 5.74) is 12.3. The Morgan fingerprint density at radius 2 is 0.839 bits per heavy atom. The molecule has 0 amide bonds. The number of benzene rings is 8. The molecule has 0 unspecified atom stereocenters. The number of rotatable bonds is 6. The van der Waals surface area contributed by atoms with Crippen LogP contribution in [0.1, 0.15) is 0 Å². The smallest absolute Gasteiger partial charge is 0.166 e. The highest BCUT2D eigenvalue weighted by molar-refractivity contribution is 6.14. The van der Waals surface area contributed by atoms with Crippen LogP contribution in [0, 0.1) is 0 Å². The van der Waals surface area contributed by atoms with E-state index in [1.807, 2.05) is 66.7 Å². The van der Waals surface area contributed by atoms with Crippen LogP contribution in [0.4, 0.5) is 0 Å². The number of para-hydroxylation sites is 2. The fourth-order valence-electron chi connectivity index (χ4n) is 7.97. The zero-order valence-corrected chi connectivity index (χ0v) is 30.2. The molecule has 8 aromatic carbocycles. The van der Waals surface area contributed by atoms with E-state index in [-0.39, 0.29) is 0 Å². The largest absolute Gasteiger partial charge is 0.456 e. The van der Waals surface area contributed by atoms with E-state index in [0.717, 1.165) is 77.2 Å². The normalized spacial score (nSPS) is 11.6. The van der Waals surface area contributed by atoms with E-state index < -0.39 is 0 Å². The third-order valence-electron chi connectivity index (χ3n) is 10.7. The first-order valence-corrected chi connectivity index (χ1v) is 18.8. The van der Waals surface area contributed by atoms with Gasteiger partial charge in [-0.2, -0.15) is 0 Å². The molecule has 0 saturated heterocycles. The van der Waals surface area contributed by atoms with Crippen molar-refractivity contribution in [3.05, 3.63) is 194 Å². The second kappa shape index (κ2) is 13.0. The number of hydrogen-bond donors (Lipinski definition) is 0. The quantitative estimate of drug-likeness (QED) is 0.172. The molecule has 0 saturated carbocycles. The van der Waals surface area contributed by atoms with Crippen molar-refractivity contribution in [1.29, 1.82) is 0 Å². The van der Waals surface area contributed by atoms with Gasteiger partial charge in [-0.05, 0) is 58.7 Å². The lowest BCUT2D eigenvalue weighted by molar-refractivity contribution is 0.669. The van der Waals surface area contributed by atoms with E-state index in [9.17, 15) is 0 Å². The fraction of sp³-hybridized carbons (Fsp3) is 0. The van der Waals surface area contributed by atoms with E-state index in [1.54, 1.807) is 0 Å². The standard InChI is InChI=1S/C51H32N4O/c1-4-13-33(14-5-1)34-23-25-35(26-24-34)38-27-29-41-42-30-28-39(32-47(42)56-46(41)31-38)55-45-22-11-10-19-40(45)43-20-12-21-44(48(43)55)51-53-49(36-15-6-2-7-16-36)52-50(54-51)37-17-8-3-9-18-37/h1-32H. The Labute approximate surface area is 322 Å². The number of nitrogens with zero attached hydrogens (tertiary/aromatic N) is 4. The van der Waals surface area contributed by atoms with Gasteiger partial charge in [-0.25, -0.2) is 15.0 Å². The molecule has 0 atom stereocenters. The van der Waals surface area contributed by atoms with Crippen molar-refractivity contribution in [1.82, 2.24) is 19.5 Å². The lowest BCUT2D eigenvalue weighted by atomic mass is 9.99. The second-order valence-corrected chi connectivity index (χ2v) is 14.0. The van der Waals surface area contributed by atoms with E-state index in [0.29, 0.717) is 17.5 Å². The molecule has 262 valence electrons. The van der Waals surface area contributed by atoms with Crippen molar-refractivity contribution in [3.63, 3.8) is 0 Å². The van der Waals surface area contributed by atoms with Gasteiger partial charge in [-0.3, -0.25) is 0 Å². The summed E-state index contributed by atoms with van der Waals surface area (Å²) in [6.07, 6.45) is 0. The first-order chi connectivity index (χ1) is 27.7. The first-order valence-electron chi connectivity index (χ1n) is 18.8. The summed E-state index contributed by atoms with van der Waals surface area (Å²) in [5.74, 6) is 1.87. The van der Waals surface area contributed by atoms with Crippen LogP contribution in [0.15, 0.2) is 199 Å². The third-order valence-corrected chi connectivity index (χ3v) is 10.7. The summed E-state index contributed by atoms with van der Waals surface area (Å²) in [7, 11) is 0. The zero-order chi connectivity index (χ0) is 37.0. The molecule has 0 N–H and O–H groups in total. The van der Waals surface area contributed by atoms with Crippen LogP contribution < -0.4 is 0 Å². The van der Waals surface area contributed by atoms with Gasteiger partial charge in [0.05, 0.1) is 11.0 Å². The van der Waals surface area contributed by atoms with Crippen LogP contribution in [-0.2, 0) is 0 Å². The molecule has 0 aliphatic heterocycles.